The second-order valence-corrected chi connectivity index (χ2v) is 7.78. The third-order valence-electron chi connectivity index (χ3n) is 4.57. The first-order valence-electron chi connectivity index (χ1n) is 7.83. The molecular formula is C16H19N3O4S. The van der Waals surface area contributed by atoms with E-state index >= 15 is 0 Å². The fourth-order valence-corrected chi connectivity index (χ4v) is 4.75. The molecule has 24 heavy (non-hydrogen) atoms. The summed E-state index contributed by atoms with van der Waals surface area (Å²) in [5, 5.41) is 8.79. The first-order chi connectivity index (χ1) is 11.5. The average molecular weight is 349 g/mol. The van der Waals surface area contributed by atoms with E-state index in [0.29, 0.717) is 12.0 Å². The van der Waals surface area contributed by atoms with E-state index in [-0.39, 0.29) is 25.0 Å². The van der Waals surface area contributed by atoms with Crippen LogP contribution in [-0.2, 0) is 21.4 Å². The predicted octanol–water partition coefficient (Wildman–Crippen LogP) is 1.14. The second kappa shape index (κ2) is 6.51. The van der Waals surface area contributed by atoms with Gasteiger partial charge in [0.1, 0.15) is 0 Å². The lowest BCUT2D eigenvalue weighted by atomic mass is 9.85. The Labute approximate surface area is 141 Å². The van der Waals surface area contributed by atoms with Gasteiger partial charge in [0, 0.05) is 19.1 Å². The molecule has 0 aromatic heterocycles. The molecule has 1 saturated heterocycles. The minimum atomic E-state index is -3.63. The number of rotatable bonds is 4. The molecule has 1 heterocycles. The summed E-state index contributed by atoms with van der Waals surface area (Å²) < 4.78 is 33.7. The summed E-state index contributed by atoms with van der Waals surface area (Å²) in [6, 6.07) is 6.99. The topological polar surface area (TPSA) is 99.5 Å². The van der Waals surface area contributed by atoms with Crippen molar-refractivity contribution in [3.05, 3.63) is 34.9 Å². The van der Waals surface area contributed by atoms with Crippen LogP contribution in [0.25, 0.3) is 0 Å². The molecule has 1 unspecified atom stereocenters. The third kappa shape index (κ3) is 3.02. The van der Waals surface area contributed by atoms with Gasteiger partial charge < -0.3 is 4.74 Å². The number of esters is 1. The fourth-order valence-electron chi connectivity index (χ4n) is 3.24. The molecule has 1 fully saturated rings. The van der Waals surface area contributed by atoms with Crippen LogP contribution in [0, 0.1) is 17.2 Å². The molecule has 1 aromatic rings. The average Bonchev–Trinajstić information content (AvgIpc) is 2.52. The Hall–Kier alpha value is -1.95. The van der Waals surface area contributed by atoms with Gasteiger partial charge in [0.15, 0.2) is 0 Å². The van der Waals surface area contributed by atoms with Crippen LogP contribution >= 0.6 is 0 Å². The van der Waals surface area contributed by atoms with E-state index < -0.39 is 16.2 Å². The number of carbonyl (C=O) groups excluding carboxylic acids is 1. The van der Waals surface area contributed by atoms with E-state index in [4.69, 9.17) is 10.00 Å². The zero-order chi connectivity index (χ0) is 17.3. The number of hydrogen-bond acceptors (Lipinski definition) is 5. The van der Waals surface area contributed by atoms with E-state index in [1.165, 1.54) is 11.4 Å². The summed E-state index contributed by atoms with van der Waals surface area (Å²) in [6.07, 6.45) is 2.18. The molecule has 7 nitrogen and oxygen atoms in total. The van der Waals surface area contributed by atoms with Gasteiger partial charge in [-0.2, -0.15) is 22.7 Å². The van der Waals surface area contributed by atoms with Gasteiger partial charge in [-0.15, -0.1) is 0 Å². The molecule has 2 aliphatic rings. The van der Waals surface area contributed by atoms with Crippen LogP contribution in [0.4, 0.5) is 0 Å². The van der Waals surface area contributed by atoms with E-state index in [0.717, 1.165) is 24.0 Å². The lowest BCUT2D eigenvalue weighted by molar-refractivity contribution is 0.0599. The summed E-state index contributed by atoms with van der Waals surface area (Å²) in [5.74, 6) is -0.638. The van der Waals surface area contributed by atoms with Gasteiger partial charge in [-0.25, -0.2) is 4.79 Å². The Kier molecular flexibility index (Phi) is 4.58. The second-order valence-electron chi connectivity index (χ2n) is 6.08. The summed E-state index contributed by atoms with van der Waals surface area (Å²) in [5.41, 5.74) is 2.17. The van der Waals surface area contributed by atoms with Gasteiger partial charge in [0.05, 0.1) is 24.7 Å². The number of fused-ring (bicyclic) bond motifs is 1. The number of carbonyl (C=O) groups is 1. The molecule has 0 spiro atoms. The number of nitrogens with one attached hydrogen (secondary N) is 1. The Morgan fingerprint density at radius 1 is 1.42 bits per heavy atom. The van der Waals surface area contributed by atoms with Crippen molar-refractivity contribution in [2.75, 3.05) is 20.2 Å². The molecule has 1 aliphatic carbocycles. The molecule has 3 rings (SSSR count). The zero-order valence-electron chi connectivity index (χ0n) is 13.4. The van der Waals surface area contributed by atoms with E-state index in [9.17, 15) is 13.2 Å². The SMILES string of the molecule is COC(=O)c1cccc2c1CCCC2NS(=O)(=O)N1CC(C#N)C1. The van der Waals surface area contributed by atoms with Crippen LogP contribution in [0.3, 0.4) is 0 Å². The molecule has 0 radical (unpaired) electrons. The first kappa shape index (κ1) is 16.9. The monoisotopic (exact) mass is 349 g/mol. The number of methoxy groups -OCH3 is 1. The quantitative estimate of drug-likeness (QED) is 0.822. The summed E-state index contributed by atoms with van der Waals surface area (Å²) in [7, 11) is -2.30. The highest BCUT2D eigenvalue weighted by Gasteiger charge is 2.38. The smallest absolute Gasteiger partial charge is 0.338 e. The molecule has 1 atom stereocenters. The Bertz CT molecular complexity index is 794. The van der Waals surface area contributed by atoms with Crippen molar-refractivity contribution in [3.8, 4) is 6.07 Å². The summed E-state index contributed by atoms with van der Waals surface area (Å²) in [4.78, 5) is 11.9. The van der Waals surface area contributed by atoms with E-state index in [1.54, 1.807) is 12.1 Å². The van der Waals surface area contributed by atoms with Crippen LogP contribution in [0.2, 0.25) is 0 Å². The Morgan fingerprint density at radius 3 is 2.83 bits per heavy atom. The summed E-state index contributed by atoms with van der Waals surface area (Å²) in [6.45, 7) is 0.460. The van der Waals surface area contributed by atoms with Gasteiger partial charge in [0.2, 0.25) is 0 Å². The van der Waals surface area contributed by atoms with Gasteiger partial charge in [-0.1, -0.05) is 12.1 Å². The molecule has 1 N–H and O–H groups in total. The largest absolute Gasteiger partial charge is 0.465 e. The number of benzene rings is 1. The first-order valence-corrected chi connectivity index (χ1v) is 9.27. The molecule has 1 aliphatic heterocycles. The standard InChI is InChI=1S/C16H19N3O4S/c1-23-16(20)14-6-2-5-13-12(14)4-3-7-15(13)18-24(21,22)19-9-11(8-17)10-19/h2,5-6,11,15,18H,3-4,7,9-10H2,1H3. The highest BCUT2D eigenvalue weighted by atomic mass is 32.2. The number of ether oxygens (including phenoxy) is 1. The van der Waals surface area contributed by atoms with Crippen molar-refractivity contribution >= 4 is 16.2 Å². The van der Waals surface area contributed by atoms with E-state index in [2.05, 4.69) is 10.8 Å². The van der Waals surface area contributed by atoms with Crippen molar-refractivity contribution in [3.63, 3.8) is 0 Å². The van der Waals surface area contributed by atoms with Crippen LogP contribution in [0.1, 0.15) is 40.4 Å². The third-order valence-corrected chi connectivity index (χ3v) is 6.13. The van der Waals surface area contributed by atoms with Gasteiger partial charge in [-0.3, -0.25) is 0 Å². The van der Waals surface area contributed by atoms with Crippen molar-refractivity contribution in [2.24, 2.45) is 5.92 Å². The maximum Gasteiger partial charge on any atom is 0.338 e. The van der Waals surface area contributed by atoms with Crippen molar-refractivity contribution < 1.29 is 17.9 Å². The van der Waals surface area contributed by atoms with Crippen molar-refractivity contribution in [1.29, 1.82) is 5.26 Å². The Morgan fingerprint density at radius 2 is 2.17 bits per heavy atom. The number of nitriles is 1. The summed E-state index contributed by atoms with van der Waals surface area (Å²) >= 11 is 0. The van der Waals surface area contributed by atoms with E-state index in [1.807, 2.05) is 6.07 Å². The van der Waals surface area contributed by atoms with Crippen LogP contribution < -0.4 is 4.72 Å². The molecule has 1 aromatic carbocycles. The molecule has 128 valence electrons. The van der Waals surface area contributed by atoms with Crippen molar-refractivity contribution in [2.45, 2.75) is 25.3 Å². The predicted molar refractivity (Wildman–Crippen MR) is 86.2 cm³/mol. The molecule has 8 heteroatoms. The fraction of sp³-hybridized carbons (Fsp3) is 0.500. The minimum Gasteiger partial charge on any atom is -0.465 e. The van der Waals surface area contributed by atoms with Gasteiger partial charge >= 0.3 is 5.97 Å². The van der Waals surface area contributed by atoms with Crippen LogP contribution in [0.5, 0.6) is 0 Å². The van der Waals surface area contributed by atoms with Crippen LogP contribution in [-0.4, -0.2) is 38.9 Å². The molecular weight excluding hydrogens is 330 g/mol. The molecule has 0 saturated carbocycles. The maximum atomic E-state index is 12.4. The van der Waals surface area contributed by atoms with Crippen LogP contribution in [0.15, 0.2) is 18.2 Å². The van der Waals surface area contributed by atoms with Gasteiger partial charge in [-0.05, 0) is 36.5 Å². The highest BCUT2D eigenvalue weighted by molar-refractivity contribution is 7.87. The normalized spacial score (nSPS) is 21.4. The number of nitrogens with zero attached hydrogens (tertiary/aromatic N) is 2. The van der Waals surface area contributed by atoms with Crippen molar-refractivity contribution in [1.82, 2.24) is 9.03 Å². The maximum absolute atomic E-state index is 12.4. The van der Waals surface area contributed by atoms with Gasteiger partial charge in [0.25, 0.3) is 10.2 Å². The minimum absolute atomic E-state index is 0.230. The molecule has 0 amide bonds. The lowest BCUT2D eigenvalue weighted by Gasteiger charge is -2.36. The molecule has 0 bridgehead atoms. The number of hydrogen-bond donors (Lipinski definition) is 1. The Balaban J connectivity index is 1.83. The zero-order valence-corrected chi connectivity index (χ0v) is 14.2. The lowest BCUT2D eigenvalue weighted by Crippen LogP contribution is -2.54. The highest BCUT2D eigenvalue weighted by Crippen LogP contribution is 2.33.